The van der Waals surface area contributed by atoms with Gasteiger partial charge in [0.05, 0.1) is 17.2 Å². The Bertz CT molecular complexity index is 1040. The molecular formula is C23H21ClFNO4. The molecule has 156 valence electrons. The zero-order valence-electron chi connectivity index (χ0n) is 16.3. The van der Waals surface area contributed by atoms with E-state index in [1.807, 2.05) is 19.1 Å². The molecule has 0 spiro atoms. The first-order valence-electron chi connectivity index (χ1n) is 9.37. The van der Waals surface area contributed by atoms with Crippen molar-refractivity contribution in [2.75, 3.05) is 11.9 Å². The van der Waals surface area contributed by atoms with Gasteiger partial charge in [-0.15, -0.1) is 0 Å². The molecule has 5 nitrogen and oxygen atoms in total. The first-order chi connectivity index (χ1) is 14.5. The van der Waals surface area contributed by atoms with E-state index in [1.54, 1.807) is 36.4 Å². The second-order valence-corrected chi connectivity index (χ2v) is 6.82. The molecule has 3 aromatic carbocycles. The summed E-state index contributed by atoms with van der Waals surface area (Å²) in [6, 6.07) is 16.6. The number of rotatable bonds is 9. The fourth-order valence-corrected chi connectivity index (χ4v) is 3.16. The summed E-state index contributed by atoms with van der Waals surface area (Å²) in [5, 5.41) is 12.4. The number of nitrogens with one attached hydrogen (secondary N) is 1. The molecule has 30 heavy (non-hydrogen) atoms. The van der Waals surface area contributed by atoms with Gasteiger partial charge in [-0.05, 0) is 37.3 Å². The van der Waals surface area contributed by atoms with Crippen molar-refractivity contribution in [1.29, 1.82) is 0 Å². The summed E-state index contributed by atoms with van der Waals surface area (Å²) in [5.41, 5.74) is 1.94. The molecule has 0 heterocycles. The first kappa shape index (κ1) is 21.5. The molecule has 0 bridgehead atoms. The minimum absolute atomic E-state index is 0.0365. The lowest BCUT2D eigenvalue weighted by atomic mass is 10.1. The zero-order valence-corrected chi connectivity index (χ0v) is 17.1. The minimum atomic E-state index is -1.08. The van der Waals surface area contributed by atoms with E-state index < -0.39 is 5.97 Å². The van der Waals surface area contributed by atoms with Crippen LogP contribution in [0, 0.1) is 5.82 Å². The molecule has 7 heteroatoms. The zero-order chi connectivity index (χ0) is 21.5. The first-order valence-corrected chi connectivity index (χ1v) is 9.75. The SMILES string of the molecule is CCOc1cccc(CNc2ccc(C(=O)O)c(Cl)c2)c1OCc1ccccc1F. The number of carboxylic acids is 1. The van der Waals surface area contributed by atoms with E-state index in [0.29, 0.717) is 35.9 Å². The molecule has 3 aromatic rings. The summed E-state index contributed by atoms with van der Waals surface area (Å²) in [7, 11) is 0. The van der Waals surface area contributed by atoms with Gasteiger partial charge in [0.25, 0.3) is 0 Å². The van der Waals surface area contributed by atoms with Crippen LogP contribution in [0.15, 0.2) is 60.7 Å². The van der Waals surface area contributed by atoms with Crippen molar-refractivity contribution in [2.24, 2.45) is 0 Å². The Balaban J connectivity index is 1.80. The molecule has 0 aromatic heterocycles. The van der Waals surface area contributed by atoms with Crippen LogP contribution in [0.3, 0.4) is 0 Å². The summed E-state index contributed by atoms with van der Waals surface area (Å²) in [4.78, 5) is 11.1. The molecule has 0 aliphatic heterocycles. The Morgan fingerprint density at radius 1 is 1.07 bits per heavy atom. The predicted molar refractivity (Wildman–Crippen MR) is 114 cm³/mol. The lowest BCUT2D eigenvalue weighted by Gasteiger charge is -2.17. The highest BCUT2D eigenvalue weighted by Gasteiger charge is 2.14. The Hall–Kier alpha value is -3.25. The maximum atomic E-state index is 14.0. The molecule has 0 atom stereocenters. The third-order valence-corrected chi connectivity index (χ3v) is 4.69. The Morgan fingerprint density at radius 2 is 1.83 bits per heavy atom. The molecule has 0 fully saturated rings. The Morgan fingerprint density at radius 3 is 2.53 bits per heavy atom. The standard InChI is InChI=1S/C23H21ClFNO4/c1-2-29-21-9-5-7-15(22(21)30-14-16-6-3-4-8-20(16)25)13-26-17-10-11-18(23(27)28)19(24)12-17/h3-12,26H,2,13-14H2,1H3,(H,27,28). The lowest BCUT2D eigenvalue weighted by molar-refractivity contribution is 0.0697. The molecular weight excluding hydrogens is 409 g/mol. The van der Waals surface area contributed by atoms with Crippen LogP contribution in [0.4, 0.5) is 10.1 Å². The third kappa shape index (κ3) is 5.21. The monoisotopic (exact) mass is 429 g/mol. The van der Waals surface area contributed by atoms with E-state index in [4.69, 9.17) is 26.2 Å². The van der Waals surface area contributed by atoms with Crippen LogP contribution in [-0.2, 0) is 13.2 Å². The topological polar surface area (TPSA) is 67.8 Å². The second-order valence-electron chi connectivity index (χ2n) is 6.41. The number of halogens is 2. The number of hydrogen-bond donors (Lipinski definition) is 2. The second kappa shape index (κ2) is 9.98. The van der Waals surface area contributed by atoms with Crippen molar-refractivity contribution in [3.05, 3.63) is 88.2 Å². The van der Waals surface area contributed by atoms with E-state index in [-0.39, 0.29) is 23.0 Å². The number of aromatic carboxylic acids is 1. The fourth-order valence-electron chi connectivity index (χ4n) is 2.89. The molecule has 0 unspecified atom stereocenters. The van der Waals surface area contributed by atoms with E-state index in [0.717, 1.165) is 5.56 Å². The number of para-hydroxylation sites is 1. The van der Waals surface area contributed by atoms with E-state index in [9.17, 15) is 9.18 Å². The number of hydrogen-bond acceptors (Lipinski definition) is 4. The molecule has 0 aliphatic carbocycles. The van der Waals surface area contributed by atoms with Gasteiger partial charge in [0, 0.05) is 23.4 Å². The van der Waals surface area contributed by atoms with Crippen LogP contribution in [0.1, 0.15) is 28.4 Å². The smallest absolute Gasteiger partial charge is 0.337 e. The van der Waals surface area contributed by atoms with Gasteiger partial charge in [-0.3, -0.25) is 0 Å². The Kier molecular flexibility index (Phi) is 7.14. The van der Waals surface area contributed by atoms with Crippen molar-refractivity contribution in [2.45, 2.75) is 20.1 Å². The van der Waals surface area contributed by atoms with Crippen LogP contribution in [0.25, 0.3) is 0 Å². The molecule has 0 saturated carbocycles. The predicted octanol–water partition coefficient (Wildman–Crippen LogP) is 5.77. The number of benzene rings is 3. The van der Waals surface area contributed by atoms with Gasteiger partial charge in [0.15, 0.2) is 11.5 Å². The fraction of sp³-hybridized carbons (Fsp3) is 0.174. The van der Waals surface area contributed by atoms with Crippen LogP contribution in [0.2, 0.25) is 5.02 Å². The highest BCUT2D eigenvalue weighted by atomic mass is 35.5. The number of ether oxygens (including phenoxy) is 2. The summed E-state index contributed by atoms with van der Waals surface area (Å²) >= 11 is 6.04. The van der Waals surface area contributed by atoms with Crippen LogP contribution in [0.5, 0.6) is 11.5 Å². The van der Waals surface area contributed by atoms with Crippen molar-refractivity contribution in [3.8, 4) is 11.5 Å². The molecule has 0 radical (unpaired) electrons. The van der Waals surface area contributed by atoms with Gasteiger partial charge >= 0.3 is 5.97 Å². The Labute approximate surface area is 179 Å². The largest absolute Gasteiger partial charge is 0.490 e. The molecule has 2 N–H and O–H groups in total. The maximum absolute atomic E-state index is 14.0. The van der Waals surface area contributed by atoms with Crippen molar-refractivity contribution in [3.63, 3.8) is 0 Å². The minimum Gasteiger partial charge on any atom is -0.490 e. The van der Waals surface area contributed by atoms with Crippen molar-refractivity contribution in [1.82, 2.24) is 0 Å². The highest BCUT2D eigenvalue weighted by molar-refractivity contribution is 6.33. The van der Waals surface area contributed by atoms with Crippen molar-refractivity contribution >= 4 is 23.3 Å². The number of carbonyl (C=O) groups is 1. The van der Waals surface area contributed by atoms with E-state index >= 15 is 0 Å². The quantitative estimate of drug-likeness (QED) is 0.452. The average Bonchev–Trinajstić information content (AvgIpc) is 2.72. The molecule has 0 aliphatic rings. The third-order valence-electron chi connectivity index (χ3n) is 4.37. The average molecular weight is 430 g/mol. The van der Waals surface area contributed by atoms with Gasteiger partial charge < -0.3 is 19.9 Å². The van der Waals surface area contributed by atoms with Gasteiger partial charge in [-0.25, -0.2) is 9.18 Å². The number of anilines is 1. The van der Waals surface area contributed by atoms with Crippen molar-refractivity contribution < 1.29 is 23.8 Å². The normalized spacial score (nSPS) is 10.5. The van der Waals surface area contributed by atoms with Gasteiger partial charge in [-0.1, -0.05) is 41.9 Å². The highest BCUT2D eigenvalue weighted by Crippen LogP contribution is 2.33. The van der Waals surface area contributed by atoms with Crippen LogP contribution < -0.4 is 14.8 Å². The van der Waals surface area contributed by atoms with Crippen LogP contribution >= 0.6 is 11.6 Å². The molecule has 3 rings (SSSR count). The summed E-state index contributed by atoms with van der Waals surface area (Å²) < 4.78 is 25.6. The number of carboxylic acid groups (broad SMARTS) is 1. The molecule has 0 amide bonds. The maximum Gasteiger partial charge on any atom is 0.337 e. The van der Waals surface area contributed by atoms with E-state index in [1.165, 1.54) is 12.1 Å². The molecule has 0 saturated heterocycles. The van der Waals surface area contributed by atoms with E-state index in [2.05, 4.69) is 5.32 Å². The summed E-state index contributed by atoms with van der Waals surface area (Å²) in [6.45, 7) is 2.76. The summed E-state index contributed by atoms with van der Waals surface area (Å²) in [5.74, 6) is -0.338. The van der Waals surface area contributed by atoms with Gasteiger partial charge in [0.2, 0.25) is 0 Å². The van der Waals surface area contributed by atoms with Gasteiger partial charge in [0.1, 0.15) is 12.4 Å². The lowest BCUT2D eigenvalue weighted by Crippen LogP contribution is -2.07. The van der Waals surface area contributed by atoms with Gasteiger partial charge in [-0.2, -0.15) is 0 Å². The summed E-state index contributed by atoms with van der Waals surface area (Å²) in [6.07, 6.45) is 0. The van der Waals surface area contributed by atoms with Crippen LogP contribution in [-0.4, -0.2) is 17.7 Å².